The SMILES string of the molecule is COc1ccc(-c2[nH]ncc2CNCC[C@@H]2C[C@@H]3C=C[C@H]2C3)c(F)c1. The quantitative estimate of drug-likeness (QED) is 0.593. The minimum Gasteiger partial charge on any atom is -0.497 e. The van der Waals surface area contributed by atoms with Gasteiger partial charge < -0.3 is 10.1 Å². The molecule has 1 fully saturated rings. The van der Waals surface area contributed by atoms with E-state index in [4.69, 9.17) is 4.74 Å². The first kappa shape index (κ1) is 16.3. The van der Waals surface area contributed by atoms with Crippen LogP contribution in [0.5, 0.6) is 5.75 Å². The van der Waals surface area contributed by atoms with Crippen LogP contribution in [0.25, 0.3) is 11.3 Å². The Morgan fingerprint density at radius 2 is 2.24 bits per heavy atom. The van der Waals surface area contributed by atoms with Crippen molar-refractivity contribution in [1.29, 1.82) is 0 Å². The average Bonchev–Trinajstić information content (AvgIpc) is 3.35. The van der Waals surface area contributed by atoms with Crippen LogP contribution in [0.4, 0.5) is 4.39 Å². The van der Waals surface area contributed by atoms with Crippen molar-refractivity contribution in [3.05, 3.63) is 47.9 Å². The average molecular weight is 341 g/mol. The van der Waals surface area contributed by atoms with Gasteiger partial charge in [0.2, 0.25) is 0 Å². The second-order valence-electron chi connectivity index (χ2n) is 7.12. The molecule has 1 saturated carbocycles. The Morgan fingerprint density at radius 3 is 2.96 bits per heavy atom. The number of H-pyrrole nitrogens is 1. The van der Waals surface area contributed by atoms with E-state index in [9.17, 15) is 4.39 Å². The van der Waals surface area contributed by atoms with E-state index >= 15 is 0 Å². The summed E-state index contributed by atoms with van der Waals surface area (Å²) in [7, 11) is 1.53. The number of aromatic amines is 1. The van der Waals surface area contributed by atoms with Crippen molar-refractivity contribution in [2.24, 2.45) is 17.8 Å². The van der Waals surface area contributed by atoms with Crippen LogP contribution in [0.2, 0.25) is 0 Å². The van der Waals surface area contributed by atoms with Crippen LogP contribution in [0.1, 0.15) is 24.8 Å². The van der Waals surface area contributed by atoms with E-state index in [0.29, 0.717) is 17.9 Å². The molecule has 132 valence electrons. The lowest BCUT2D eigenvalue weighted by atomic mass is 9.91. The Hall–Kier alpha value is -2.14. The van der Waals surface area contributed by atoms with Gasteiger partial charge in [-0.1, -0.05) is 12.2 Å². The van der Waals surface area contributed by atoms with E-state index in [1.54, 1.807) is 18.3 Å². The van der Waals surface area contributed by atoms with Crippen LogP contribution in [0.3, 0.4) is 0 Å². The molecule has 2 aliphatic rings. The van der Waals surface area contributed by atoms with Crippen LogP contribution < -0.4 is 10.1 Å². The molecule has 3 atom stereocenters. The van der Waals surface area contributed by atoms with Gasteiger partial charge in [0.15, 0.2) is 0 Å². The topological polar surface area (TPSA) is 49.9 Å². The van der Waals surface area contributed by atoms with Crippen molar-refractivity contribution in [2.45, 2.75) is 25.8 Å². The fourth-order valence-corrected chi connectivity index (χ4v) is 4.24. The Kier molecular flexibility index (Phi) is 4.57. The number of nitrogens with one attached hydrogen (secondary N) is 2. The van der Waals surface area contributed by atoms with Crippen LogP contribution in [0.15, 0.2) is 36.5 Å². The normalized spacial score (nSPS) is 24.2. The molecule has 2 aliphatic carbocycles. The summed E-state index contributed by atoms with van der Waals surface area (Å²) in [5.41, 5.74) is 2.24. The minimum atomic E-state index is -0.307. The number of hydrogen-bond acceptors (Lipinski definition) is 3. The maximum absolute atomic E-state index is 14.3. The van der Waals surface area contributed by atoms with Gasteiger partial charge in [-0.3, -0.25) is 5.10 Å². The van der Waals surface area contributed by atoms with Crippen molar-refractivity contribution >= 4 is 0 Å². The maximum Gasteiger partial charge on any atom is 0.136 e. The molecule has 5 heteroatoms. The Labute approximate surface area is 147 Å². The number of benzene rings is 1. The number of nitrogens with zero attached hydrogens (tertiary/aromatic N) is 1. The standard InChI is InChI=1S/C20H24FN3O/c1-25-17-4-5-18(19(21)10-17)20-16(12-23-24-20)11-22-7-6-15-9-13-2-3-14(15)8-13/h2-5,10,12-15,22H,6-9,11H2,1H3,(H,23,24)/t13-,14+,15-/m1/s1. The number of aromatic nitrogens is 2. The molecule has 0 radical (unpaired) electrons. The molecular weight excluding hydrogens is 317 g/mol. The van der Waals surface area contributed by atoms with E-state index in [1.807, 2.05) is 0 Å². The molecule has 25 heavy (non-hydrogen) atoms. The Balaban J connectivity index is 1.35. The number of halogens is 1. The molecule has 4 nitrogen and oxygen atoms in total. The second kappa shape index (κ2) is 7.00. The number of hydrogen-bond donors (Lipinski definition) is 2. The van der Waals surface area contributed by atoms with Crippen molar-refractivity contribution < 1.29 is 9.13 Å². The molecule has 0 unspecified atom stereocenters. The number of ether oxygens (including phenoxy) is 1. The monoisotopic (exact) mass is 341 g/mol. The summed E-state index contributed by atoms with van der Waals surface area (Å²) < 4.78 is 19.4. The first-order valence-corrected chi connectivity index (χ1v) is 9.00. The zero-order valence-electron chi connectivity index (χ0n) is 14.5. The van der Waals surface area contributed by atoms with Gasteiger partial charge in [0, 0.05) is 23.7 Å². The maximum atomic E-state index is 14.3. The molecule has 0 saturated heterocycles. The lowest BCUT2D eigenvalue weighted by Gasteiger charge is -2.18. The summed E-state index contributed by atoms with van der Waals surface area (Å²) in [6.45, 7) is 1.67. The van der Waals surface area contributed by atoms with E-state index in [-0.39, 0.29) is 5.82 Å². The second-order valence-corrected chi connectivity index (χ2v) is 7.12. The van der Waals surface area contributed by atoms with Crippen molar-refractivity contribution in [2.75, 3.05) is 13.7 Å². The van der Waals surface area contributed by atoms with E-state index in [2.05, 4.69) is 27.7 Å². The van der Waals surface area contributed by atoms with Gasteiger partial charge in [-0.05, 0) is 55.7 Å². The highest BCUT2D eigenvalue weighted by Gasteiger charge is 2.34. The first-order chi connectivity index (χ1) is 12.2. The van der Waals surface area contributed by atoms with Gasteiger partial charge >= 0.3 is 0 Å². The summed E-state index contributed by atoms with van der Waals surface area (Å²) in [6, 6.07) is 4.89. The van der Waals surface area contributed by atoms with Crippen LogP contribution in [0, 0.1) is 23.6 Å². The summed E-state index contributed by atoms with van der Waals surface area (Å²) >= 11 is 0. The number of rotatable bonds is 7. The number of methoxy groups -OCH3 is 1. The summed E-state index contributed by atoms with van der Waals surface area (Å²) in [4.78, 5) is 0. The molecule has 1 aromatic heterocycles. The third-order valence-corrected chi connectivity index (χ3v) is 5.59. The molecular formula is C20H24FN3O. The van der Waals surface area contributed by atoms with Gasteiger partial charge in [-0.2, -0.15) is 5.10 Å². The molecule has 1 aromatic carbocycles. The largest absolute Gasteiger partial charge is 0.497 e. The van der Waals surface area contributed by atoms with Crippen LogP contribution in [-0.2, 0) is 6.54 Å². The van der Waals surface area contributed by atoms with Crippen molar-refractivity contribution in [3.63, 3.8) is 0 Å². The molecule has 2 bridgehead atoms. The predicted octanol–water partition coefficient (Wildman–Crippen LogP) is 3.92. The smallest absolute Gasteiger partial charge is 0.136 e. The predicted molar refractivity (Wildman–Crippen MR) is 95.7 cm³/mol. The van der Waals surface area contributed by atoms with Gasteiger partial charge in [-0.15, -0.1) is 0 Å². The fraction of sp³-hybridized carbons (Fsp3) is 0.450. The summed E-state index contributed by atoms with van der Waals surface area (Å²) in [5.74, 6) is 2.66. The van der Waals surface area contributed by atoms with Gasteiger partial charge in [0.05, 0.1) is 19.0 Å². The minimum absolute atomic E-state index is 0.307. The molecule has 4 rings (SSSR count). The highest BCUT2D eigenvalue weighted by Crippen LogP contribution is 2.44. The molecule has 2 aromatic rings. The molecule has 0 aliphatic heterocycles. The van der Waals surface area contributed by atoms with Crippen molar-refractivity contribution in [3.8, 4) is 17.0 Å². The number of allylic oxidation sites excluding steroid dienone is 2. The molecule has 1 heterocycles. The van der Waals surface area contributed by atoms with E-state index < -0.39 is 0 Å². The zero-order chi connectivity index (χ0) is 17.2. The lowest BCUT2D eigenvalue weighted by molar-refractivity contribution is 0.403. The number of fused-ring (bicyclic) bond motifs is 2. The fourth-order valence-electron chi connectivity index (χ4n) is 4.24. The molecule has 0 spiro atoms. The lowest BCUT2D eigenvalue weighted by Crippen LogP contribution is -2.19. The molecule has 0 amide bonds. The van der Waals surface area contributed by atoms with Gasteiger partial charge in [-0.25, -0.2) is 4.39 Å². The highest BCUT2D eigenvalue weighted by molar-refractivity contribution is 5.64. The Morgan fingerprint density at radius 1 is 1.32 bits per heavy atom. The van der Waals surface area contributed by atoms with Crippen LogP contribution in [-0.4, -0.2) is 23.9 Å². The van der Waals surface area contributed by atoms with E-state index in [0.717, 1.165) is 35.6 Å². The van der Waals surface area contributed by atoms with Gasteiger partial charge in [0.25, 0.3) is 0 Å². The van der Waals surface area contributed by atoms with Crippen molar-refractivity contribution in [1.82, 2.24) is 15.5 Å². The van der Waals surface area contributed by atoms with Crippen LogP contribution >= 0.6 is 0 Å². The first-order valence-electron chi connectivity index (χ1n) is 9.00. The third kappa shape index (κ3) is 3.33. The third-order valence-electron chi connectivity index (χ3n) is 5.59. The summed E-state index contributed by atoms with van der Waals surface area (Å²) in [6.07, 6.45) is 10.5. The summed E-state index contributed by atoms with van der Waals surface area (Å²) in [5, 5.41) is 10.5. The highest BCUT2D eigenvalue weighted by atomic mass is 19.1. The van der Waals surface area contributed by atoms with E-state index in [1.165, 1.54) is 32.4 Å². The Bertz CT molecular complexity index is 770. The molecule has 2 N–H and O–H groups in total. The zero-order valence-corrected chi connectivity index (χ0v) is 14.5. The van der Waals surface area contributed by atoms with Gasteiger partial charge in [0.1, 0.15) is 11.6 Å².